The van der Waals surface area contributed by atoms with Gasteiger partial charge in [0.05, 0.1) is 11.8 Å². The molecule has 0 spiro atoms. The monoisotopic (exact) mass is 306 g/mol. The molecule has 2 aliphatic heterocycles. The Morgan fingerprint density at radius 1 is 0.955 bits per heavy atom. The Bertz CT molecular complexity index is 453. The Kier molecular flexibility index (Phi) is 4.50. The molecule has 3 aliphatic rings. The van der Waals surface area contributed by atoms with Crippen molar-refractivity contribution in [2.24, 2.45) is 17.8 Å². The van der Waals surface area contributed by atoms with E-state index in [0.29, 0.717) is 5.92 Å². The van der Waals surface area contributed by atoms with E-state index < -0.39 is 0 Å². The summed E-state index contributed by atoms with van der Waals surface area (Å²) in [7, 11) is 0. The molecule has 1 saturated carbocycles. The standard InChI is InChI=1S/C17H26N2O3/c1-12-5-4-9-18(10-8-12)15(20)11-19-16(21)13-6-2-3-7-14(13)17(19)22/h12-14H,2-11H2,1H3. The van der Waals surface area contributed by atoms with Crippen molar-refractivity contribution >= 4 is 17.7 Å². The molecule has 0 bridgehead atoms. The first-order valence-electron chi connectivity index (χ1n) is 8.71. The number of hydrogen-bond acceptors (Lipinski definition) is 3. The molecule has 2 heterocycles. The highest BCUT2D eigenvalue weighted by molar-refractivity contribution is 6.07. The van der Waals surface area contributed by atoms with E-state index in [9.17, 15) is 14.4 Å². The van der Waals surface area contributed by atoms with Gasteiger partial charge >= 0.3 is 0 Å². The lowest BCUT2D eigenvalue weighted by atomic mass is 9.81. The lowest BCUT2D eigenvalue weighted by molar-refractivity contribution is -0.146. The summed E-state index contributed by atoms with van der Waals surface area (Å²) >= 11 is 0. The average Bonchev–Trinajstić information content (AvgIpc) is 2.69. The third-order valence-electron chi connectivity index (χ3n) is 5.60. The fourth-order valence-corrected chi connectivity index (χ4v) is 4.13. The first-order chi connectivity index (χ1) is 10.6. The highest BCUT2D eigenvalue weighted by atomic mass is 16.2. The van der Waals surface area contributed by atoms with Crippen molar-refractivity contribution in [2.75, 3.05) is 19.6 Å². The Morgan fingerprint density at radius 3 is 2.23 bits per heavy atom. The van der Waals surface area contributed by atoms with Crippen molar-refractivity contribution in [3.63, 3.8) is 0 Å². The highest BCUT2D eigenvalue weighted by Gasteiger charge is 2.48. The van der Waals surface area contributed by atoms with Gasteiger partial charge in [0.2, 0.25) is 17.7 Å². The number of likely N-dealkylation sites (tertiary alicyclic amines) is 2. The molecule has 1 aliphatic carbocycles. The second kappa shape index (κ2) is 6.39. The van der Waals surface area contributed by atoms with Crippen LogP contribution in [0.15, 0.2) is 0 Å². The summed E-state index contributed by atoms with van der Waals surface area (Å²) in [5.74, 6) is 0.0686. The normalized spacial score (nSPS) is 32.9. The SMILES string of the molecule is CC1CCCN(C(=O)CN2C(=O)C3CCCCC3C2=O)CC1. The van der Waals surface area contributed by atoms with Crippen molar-refractivity contribution in [3.8, 4) is 0 Å². The largest absolute Gasteiger partial charge is 0.341 e. The Balaban J connectivity index is 1.63. The molecule has 22 heavy (non-hydrogen) atoms. The van der Waals surface area contributed by atoms with Gasteiger partial charge in [-0.3, -0.25) is 19.3 Å². The van der Waals surface area contributed by atoms with E-state index >= 15 is 0 Å². The maximum Gasteiger partial charge on any atom is 0.242 e. The van der Waals surface area contributed by atoms with Crippen LogP contribution in [-0.4, -0.2) is 47.2 Å². The summed E-state index contributed by atoms with van der Waals surface area (Å²) in [6.07, 6.45) is 6.83. The van der Waals surface area contributed by atoms with Crippen LogP contribution in [0.2, 0.25) is 0 Å². The quantitative estimate of drug-likeness (QED) is 0.731. The first-order valence-corrected chi connectivity index (χ1v) is 8.71. The summed E-state index contributed by atoms with van der Waals surface area (Å²) in [4.78, 5) is 40.4. The molecule has 3 atom stereocenters. The molecular weight excluding hydrogens is 280 g/mol. The third kappa shape index (κ3) is 2.90. The van der Waals surface area contributed by atoms with Crippen molar-refractivity contribution in [3.05, 3.63) is 0 Å². The molecule has 3 fully saturated rings. The summed E-state index contributed by atoms with van der Waals surface area (Å²) in [5.41, 5.74) is 0. The van der Waals surface area contributed by atoms with Gasteiger partial charge in [0.25, 0.3) is 0 Å². The predicted molar refractivity (Wildman–Crippen MR) is 81.8 cm³/mol. The lowest BCUT2D eigenvalue weighted by Crippen LogP contribution is -2.43. The van der Waals surface area contributed by atoms with Crippen LogP contribution in [0, 0.1) is 17.8 Å². The van der Waals surface area contributed by atoms with Crippen molar-refractivity contribution in [1.82, 2.24) is 9.80 Å². The van der Waals surface area contributed by atoms with Gasteiger partial charge in [-0.2, -0.15) is 0 Å². The van der Waals surface area contributed by atoms with Crippen molar-refractivity contribution in [1.29, 1.82) is 0 Å². The highest BCUT2D eigenvalue weighted by Crippen LogP contribution is 2.37. The molecule has 0 N–H and O–H groups in total. The third-order valence-corrected chi connectivity index (χ3v) is 5.60. The molecule has 3 amide bonds. The molecule has 0 aromatic heterocycles. The number of amides is 3. The molecule has 5 nitrogen and oxygen atoms in total. The summed E-state index contributed by atoms with van der Waals surface area (Å²) < 4.78 is 0. The summed E-state index contributed by atoms with van der Waals surface area (Å²) in [6.45, 7) is 3.68. The smallest absolute Gasteiger partial charge is 0.242 e. The molecule has 0 radical (unpaired) electrons. The number of imide groups is 1. The molecule has 0 aromatic carbocycles. The van der Waals surface area contributed by atoms with Crippen LogP contribution >= 0.6 is 0 Å². The molecule has 122 valence electrons. The van der Waals surface area contributed by atoms with E-state index in [-0.39, 0.29) is 36.1 Å². The predicted octanol–water partition coefficient (Wildman–Crippen LogP) is 1.81. The minimum absolute atomic E-state index is 0.0426. The van der Waals surface area contributed by atoms with Gasteiger partial charge in [-0.05, 0) is 38.0 Å². The number of nitrogens with zero attached hydrogens (tertiary/aromatic N) is 2. The van der Waals surface area contributed by atoms with Gasteiger partial charge in [-0.1, -0.05) is 19.8 Å². The van der Waals surface area contributed by atoms with Crippen LogP contribution in [0.25, 0.3) is 0 Å². The maximum absolute atomic E-state index is 12.5. The zero-order chi connectivity index (χ0) is 15.7. The molecule has 3 rings (SSSR count). The van der Waals surface area contributed by atoms with E-state index in [1.807, 2.05) is 4.90 Å². The zero-order valence-electron chi connectivity index (χ0n) is 13.4. The van der Waals surface area contributed by atoms with Crippen LogP contribution < -0.4 is 0 Å². The van der Waals surface area contributed by atoms with Gasteiger partial charge in [-0.15, -0.1) is 0 Å². The van der Waals surface area contributed by atoms with Crippen LogP contribution in [0.5, 0.6) is 0 Å². The van der Waals surface area contributed by atoms with Crippen LogP contribution in [0.3, 0.4) is 0 Å². The number of carbonyl (C=O) groups is 3. The number of fused-ring (bicyclic) bond motifs is 1. The zero-order valence-corrected chi connectivity index (χ0v) is 13.4. The Labute approximate surface area is 132 Å². The van der Waals surface area contributed by atoms with E-state index in [1.165, 1.54) is 4.90 Å². The minimum atomic E-state index is -0.154. The average molecular weight is 306 g/mol. The second-order valence-electron chi connectivity index (χ2n) is 7.18. The first kappa shape index (κ1) is 15.5. The second-order valence-corrected chi connectivity index (χ2v) is 7.18. The summed E-state index contributed by atoms with van der Waals surface area (Å²) in [6, 6.07) is 0. The fraction of sp³-hybridized carbons (Fsp3) is 0.824. The topological polar surface area (TPSA) is 57.7 Å². The fourth-order valence-electron chi connectivity index (χ4n) is 4.13. The Hall–Kier alpha value is -1.39. The van der Waals surface area contributed by atoms with Crippen molar-refractivity contribution in [2.45, 2.75) is 51.9 Å². The van der Waals surface area contributed by atoms with E-state index in [0.717, 1.165) is 58.0 Å². The van der Waals surface area contributed by atoms with Crippen LogP contribution in [0.4, 0.5) is 0 Å². The number of carbonyl (C=O) groups excluding carboxylic acids is 3. The van der Waals surface area contributed by atoms with E-state index in [4.69, 9.17) is 0 Å². The van der Waals surface area contributed by atoms with Crippen LogP contribution in [0.1, 0.15) is 51.9 Å². The van der Waals surface area contributed by atoms with Gasteiger partial charge in [0.1, 0.15) is 6.54 Å². The van der Waals surface area contributed by atoms with Crippen molar-refractivity contribution < 1.29 is 14.4 Å². The van der Waals surface area contributed by atoms with E-state index in [1.54, 1.807) is 0 Å². The minimum Gasteiger partial charge on any atom is -0.341 e. The molecule has 0 aromatic rings. The number of hydrogen-bond donors (Lipinski definition) is 0. The molecule has 2 saturated heterocycles. The van der Waals surface area contributed by atoms with Gasteiger partial charge in [-0.25, -0.2) is 0 Å². The molecular formula is C17H26N2O3. The molecule has 5 heteroatoms. The lowest BCUT2D eigenvalue weighted by Gasteiger charge is -2.23. The Morgan fingerprint density at radius 2 is 1.59 bits per heavy atom. The van der Waals surface area contributed by atoms with E-state index in [2.05, 4.69) is 6.92 Å². The molecule has 3 unspecified atom stereocenters. The van der Waals surface area contributed by atoms with Gasteiger partial charge < -0.3 is 4.90 Å². The van der Waals surface area contributed by atoms with Gasteiger partial charge in [0.15, 0.2) is 0 Å². The van der Waals surface area contributed by atoms with Gasteiger partial charge in [0, 0.05) is 13.1 Å². The van der Waals surface area contributed by atoms with Crippen LogP contribution in [-0.2, 0) is 14.4 Å². The maximum atomic E-state index is 12.5. The number of rotatable bonds is 2. The summed E-state index contributed by atoms with van der Waals surface area (Å²) in [5, 5.41) is 0.